The third-order valence-corrected chi connectivity index (χ3v) is 3.48. The number of hydrogen-bond donors (Lipinski definition) is 1. The van der Waals surface area contributed by atoms with Crippen LogP contribution >= 0.6 is 0 Å². The number of ether oxygens (including phenoxy) is 1. The summed E-state index contributed by atoms with van der Waals surface area (Å²) in [4.78, 5) is 14.7. The molecule has 2 aromatic rings. The molecule has 0 saturated carbocycles. The van der Waals surface area contributed by atoms with Gasteiger partial charge in [0.1, 0.15) is 11.9 Å². The summed E-state index contributed by atoms with van der Waals surface area (Å²) in [5, 5.41) is 15.0. The van der Waals surface area contributed by atoms with Crippen LogP contribution in [0.3, 0.4) is 0 Å². The lowest BCUT2D eigenvalue weighted by Crippen LogP contribution is -2.34. The molecule has 1 N–H and O–H groups in total. The molecule has 104 valence electrons. The van der Waals surface area contributed by atoms with Crippen molar-refractivity contribution in [1.82, 2.24) is 10.3 Å². The van der Waals surface area contributed by atoms with Gasteiger partial charge in [-0.3, -0.25) is 10.1 Å². The minimum Gasteiger partial charge on any atom is -0.490 e. The maximum absolute atomic E-state index is 11.0. The van der Waals surface area contributed by atoms with E-state index in [9.17, 15) is 10.1 Å². The second-order valence-corrected chi connectivity index (χ2v) is 4.81. The predicted octanol–water partition coefficient (Wildman–Crippen LogP) is 2.27. The maximum Gasteiger partial charge on any atom is 0.295 e. The van der Waals surface area contributed by atoms with Gasteiger partial charge >= 0.3 is 0 Å². The molecule has 2 heterocycles. The smallest absolute Gasteiger partial charge is 0.295 e. The van der Waals surface area contributed by atoms with Crippen LogP contribution in [0.1, 0.15) is 12.8 Å². The zero-order valence-electron chi connectivity index (χ0n) is 10.9. The topological polar surface area (TPSA) is 77.3 Å². The van der Waals surface area contributed by atoms with Crippen LogP contribution in [-0.4, -0.2) is 29.1 Å². The summed E-state index contributed by atoms with van der Waals surface area (Å²) < 4.78 is 6.00. The lowest BCUT2D eigenvalue weighted by molar-refractivity contribution is -0.383. The Bertz CT molecular complexity index is 639. The summed E-state index contributed by atoms with van der Waals surface area (Å²) in [6.07, 6.45) is 3.60. The van der Waals surface area contributed by atoms with Gasteiger partial charge in [-0.1, -0.05) is 0 Å². The number of nitro groups is 1. The monoisotopic (exact) mass is 273 g/mol. The molecule has 6 nitrogen and oxygen atoms in total. The van der Waals surface area contributed by atoms with Gasteiger partial charge in [0, 0.05) is 17.6 Å². The Morgan fingerprint density at radius 2 is 2.10 bits per heavy atom. The van der Waals surface area contributed by atoms with Crippen LogP contribution in [0.4, 0.5) is 5.69 Å². The van der Waals surface area contributed by atoms with Gasteiger partial charge in [0.25, 0.3) is 5.69 Å². The molecule has 3 rings (SSSR count). The van der Waals surface area contributed by atoms with Crippen LogP contribution in [0.25, 0.3) is 10.9 Å². The number of fused-ring (bicyclic) bond motifs is 1. The van der Waals surface area contributed by atoms with Crippen LogP contribution in [0.15, 0.2) is 30.5 Å². The standard InChI is InChI=1S/C14H15N3O3/c18-17(19)12-3-4-13(11-2-1-7-16-14(11)12)20-10-5-8-15-9-6-10/h1-4,7,10,15H,5-6,8-9H2. The molecule has 0 bridgehead atoms. The molecular formula is C14H15N3O3. The Morgan fingerprint density at radius 3 is 2.85 bits per heavy atom. The molecule has 1 aromatic heterocycles. The van der Waals surface area contributed by atoms with Crippen molar-refractivity contribution in [2.75, 3.05) is 13.1 Å². The average molecular weight is 273 g/mol. The summed E-state index contributed by atoms with van der Waals surface area (Å²) in [6, 6.07) is 6.71. The highest BCUT2D eigenvalue weighted by Crippen LogP contribution is 2.32. The van der Waals surface area contributed by atoms with E-state index >= 15 is 0 Å². The Balaban J connectivity index is 1.99. The maximum atomic E-state index is 11.0. The van der Waals surface area contributed by atoms with Gasteiger partial charge in [-0.25, -0.2) is 4.98 Å². The van der Waals surface area contributed by atoms with Crippen molar-refractivity contribution in [2.24, 2.45) is 0 Å². The largest absolute Gasteiger partial charge is 0.490 e. The van der Waals surface area contributed by atoms with Gasteiger partial charge in [0.05, 0.1) is 4.92 Å². The van der Waals surface area contributed by atoms with Crippen LogP contribution in [-0.2, 0) is 0 Å². The third-order valence-electron chi connectivity index (χ3n) is 3.48. The lowest BCUT2D eigenvalue weighted by Gasteiger charge is -2.24. The summed E-state index contributed by atoms with van der Waals surface area (Å²) in [5.41, 5.74) is 0.391. The quantitative estimate of drug-likeness (QED) is 0.685. The third kappa shape index (κ3) is 2.42. The molecule has 1 aliphatic heterocycles. The summed E-state index contributed by atoms with van der Waals surface area (Å²) in [5.74, 6) is 0.672. The molecule has 1 aliphatic rings. The highest BCUT2D eigenvalue weighted by atomic mass is 16.6. The Labute approximate surface area is 115 Å². The number of rotatable bonds is 3. The minimum absolute atomic E-state index is 0.0123. The van der Waals surface area contributed by atoms with Crippen molar-refractivity contribution in [3.63, 3.8) is 0 Å². The van der Waals surface area contributed by atoms with E-state index < -0.39 is 4.92 Å². The zero-order valence-corrected chi connectivity index (χ0v) is 10.9. The van der Waals surface area contributed by atoms with Gasteiger partial charge in [-0.05, 0) is 44.1 Å². The summed E-state index contributed by atoms with van der Waals surface area (Å²) in [7, 11) is 0. The molecule has 0 amide bonds. The van der Waals surface area contributed by atoms with Crippen molar-refractivity contribution in [1.29, 1.82) is 0 Å². The van der Waals surface area contributed by atoms with E-state index in [-0.39, 0.29) is 11.8 Å². The fourth-order valence-corrected chi connectivity index (χ4v) is 2.47. The Hall–Kier alpha value is -2.21. The van der Waals surface area contributed by atoms with Gasteiger partial charge in [-0.2, -0.15) is 0 Å². The molecule has 0 unspecified atom stereocenters. The van der Waals surface area contributed by atoms with Gasteiger partial charge < -0.3 is 10.1 Å². The van der Waals surface area contributed by atoms with Crippen molar-refractivity contribution in [3.05, 3.63) is 40.6 Å². The number of benzene rings is 1. The number of nitrogens with zero attached hydrogens (tertiary/aromatic N) is 2. The molecule has 0 aliphatic carbocycles. The zero-order chi connectivity index (χ0) is 13.9. The highest BCUT2D eigenvalue weighted by molar-refractivity contribution is 5.92. The molecule has 1 aromatic carbocycles. The lowest BCUT2D eigenvalue weighted by atomic mass is 10.1. The minimum atomic E-state index is -0.413. The fourth-order valence-electron chi connectivity index (χ4n) is 2.47. The number of non-ortho nitro benzene ring substituents is 1. The molecule has 0 spiro atoms. The average Bonchev–Trinajstić information content (AvgIpc) is 2.48. The molecule has 0 radical (unpaired) electrons. The second-order valence-electron chi connectivity index (χ2n) is 4.81. The van der Waals surface area contributed by atoms with E-state index in [1.54, 1.807) is 18.3 Å². The van der Waals surface area contributed by atoms with E-state index in [0.717, 1.165) is 25.9 Å². The van der Waals surface area contributed by atoms with Crippen molar-refractivity contribution < 1.29 is 9.66 Å². The summed E-state index contributed by atoms with van der Waals surface area (Å²) >= 11 is 0. The first kappa shape index (κ1) is 12.8. The highest BCUT2D eigenvalue weighted by Gasteiger charge is 2.19. The second kappa shape index (κ2) is 5.42. The Morgan fingerprint density at radius 1 is 1.30 bits per heavy atom. The number of hydrogen-bond acceptors (Lipinski definition) is 5. The van der Waals surface area contributed by atoms with E-state index in [1.807, 2.05) is 6.07 Å². The first-order valence-electron chi connectivity index (χ1n) is 6.65. The molecule has 6 heteroatoms. The van der Waals surface area contributed by atoms with Crippen LogP contribution in [0, 0.1) is 10.1 Å². The molecule has 1 fully saturated rings. The predicted molar refractivity (Wildman–Crippen MR) is 74.9 cm³/mol. The Kier molecular flexibility index (Phi) is 3.47. The molecular weight excluding hydrogens is 258 g/mol. The van der Waals surface area contributed by atoms with Crippen molar-refractivity contribution >= 4 is 16.6 Å². The van der Waals surface area contributed by atoms with E-state index in [0.29, 0.717) is 16.7 Å². The fraction of sp³-hybridized carbons (Fsp3) is 0.357. The number of aromatic nitrogens is 1. The normalized spacial score (nSPS) is 16.2. The van der Waals surface area contributed by atoms with Crippen LogP contribution in [0.5, 0.6) is 5.75 Å². The molecule has 0 atom stereocenters. The first-order chi connectivity index (χ1) is 9.75. The first-order valence-corrected chi connectivity index (χ1v) is 6.65. The van der Waals surface area contributed by atoms with Gasteiger partial charge in [-0.15, -0.1) is 0 Å². The van der Waals surface area contributed by atoms with Crippen LogP contribution < -0.4 is 10.1 Å². The van der Waals surface area contributed by atoms with Crippen LogP contribution in [0.2, 0.25) is 0 Å². The number of nitro benzene ring substituents is 1. The van der Waals surface area contributed by atoms with Gasteiger partial charge in [0.15, 0.2) is 5.52 Å². The van der Waals surface area contributed by atoms with Gasteiger partial charge in [0.2, 0.25) is 0 Å². The van der Waals surface area contributed by atoms with E-state index in [2.05, 4.69) is 10.3 Å². The van der Waals surface area contributed by atoms with E-state index in [1.165, 1.54) is 6.07 Å². The number of piperidine rings is 1. The SMILES string of the molecule is O=[N+]([O-])c1ccc(OC2CCNCC2)c2cccnc12. The number of pyridine rings is 1. The molecule has 1 saturated heterocycles. The van der Waals surface area contributed by atoms with Crippen molar-refractivity contribution in [3.8, 4) is 5.75 Å². The number of nitrogens with one attached hydrogen (secondary N) is 1. The van der Waals surface area contributed by atoms with Crippen molar-refractivity contribution in [2.45, 2.75) is 18.9 Å². The molecule has 20 heavy (non-hydrogen) atoms. The summed E-state index contributed by atoms with van der Waals surface area (Å²) in [6.45, 7) is 1.88. The van der Waals surface area contributed by atoms with E-state index in [4.69, 9.17) is 4.74 Å².